The van der Waals surface area contributed by atoms with Crippen molar-refractivity contribution >= 4 is 16.9 Å². The Morgan fingerprint density at radius 3 is 2.93 bits per heavy atom. The Labute approximate surface area is 177 Å². The van der Waals surface area contributed by atoms with Gasteiger partial charge in [0.05, 0.1) is 23.9 Å². The molecule has 1 atom stereocenters. The highest BCUT2D eigenvalue weighted by atomic mass is 16.5. The van der Waals surface area contributed by atoms with Crippen molar-refractivity contribution in [2.45, 2.75) is 38.6 Å². The summed E-state index contributed by atoms with van der Waals surface area (Å²) in [5.41, 5.74) is 4.35. The van der Waals surface area contributed by atoms with Gasteiger partial charge in [-0.25, -0.2) is 4.79 Å². The van der Waals surface area contributed by atoms with Gasteiger partial charge in [0.2, 0.25) is 0 Å². The SMILES string of the molecule is O=C(OCC1CC1)c1cccc(CN2CCCC(Cc3ccc4[nH]ncc4c3)C2)c1. The molecular formula is C25H29N3O2. The van der Waals surface area contributed by atoms with Crippen molar-refractivity contribution in [1.82, 2.24) is 15.1 Å². The van der Waals surface area contributed by atoms with Crippen LogP contribution in [0.15, 0.2) is 48.7 Å². The number of carbonyl (C=O) groups excluding carboxylic acids is 1. The lowest BCUT2D eigenvalue weighted by Crippen LogP contribution is -2.35. The number of H-pyrrole nitrogens is 1. The van der Waals surface area contributed by atoms with Crippen LogP contribution < -0.4 is 0 Å². The van der Waals surface area contributed by atoms with Crippen molar-refractivity contribution < 1.29 is 9.53 Å². The molecule has 1 saturated heterocycles. The number of ether oxygens (including phenoxy) is 1. The van der Waals surface area contributed by atoms with Crippen LogP contribution in [0.5, 0.6) is 0 Å². The number of hydrogen-bond acceptors (Lipinski definition) is 4. The maximum atomic E-state index is 12.3. The van der Waals surface area contributed by atoms with Crippen LogP contribution in [-0.2, 0) is 17.7 Å². The maximum absolute atomic E-state index is 12.3. The Morgan fingerprint density at radius 2 is 2.03 bits per heavy atom. The summed E-state index contributed by atoms with van der Waals surface area (Å²) in [6.07, 6.45) is 7.88. The fourth-order valence-electron chi connectivity index (χ4n) is 4.53. The molecule has 0 radical (unpaired) electrons. The summed E-state index contributed by atoms with van der Waals surface area (Å²) in [7, 11) is 0. The molecule has 1 aliphatic carbocycles. The van der Waals surface area contributed by atoms with Crippen LogP contribution in [0.1, 0.15) is 47.2 Å². The van der Waals surface area contributed by atoms with E-state index in [-0.39, 0.29) is 5.97 Å². The summed E-state index contributed by atoms with van der Waals surface area (Å²) in [6, 6.07) is 14.6. The molecule has 1 N–H and O–H groups in total. The molecule has 3 aromatic rings. The highest BCUT2D eigenvalue weighted by Gasteiger charge is 2.24. The molecule has 5 heteroatoms. The van der Waals surface area contributed by atoms with E-state index in [0.717, 1.165) is 31.6 Å². The zero-order chi connectivity index (χ0) is 20.3. The Bertz CT molecular complexity index is 1020. The van der Waals surface area contributed by atoms with E-state index in [1.807, 2.05) is 24.4 Å². The summed E-state index contributed by atoms with van der Waals surface area (Å²) >= 11 is 0. The fraction of sp³-hybridized carbons (Fsp3) is 0.440. The van der Waals surface area contributed by atoms with Crippen LogP contribution >= 0.6 is 0 Å². The number of carbonyl (C=O) groups is 1. The van der Waals surface area contributed by atoms with E-state index in [0.29, 0.717) is 24.0 Å². The number of nitrogens with one attached hydrogen (secondary N) is 1. The van der Waals surface area contributed by atoms with Gasteiger partial charge in [-0.1, -0.05) is 18.2 Å². The van der Waals surface area contributed by atoms with Crippen LogP contribution in [0.2, 0.25) is 0 Å². The molecule has 2 heterocycles. The van der Waals surface area contributed by atoms with Crippen molar-refractivity contribution in [3.63, 3.8) is 0 Å². The molecule has 5 nitrogen and oxygen atoms in total. The van der Waals surface area contributed by atoms with Crippen LogP contribution in [0.25, 0.3) is 10.9 Å². The molecule has 0 bridgehead atoms. The first-order valence-corrected chi connectivity index (χ1v) is 11.1. The first kappa shape index (κ1) is 19.3. The van der Waals surface area contributed by atoms with Gasteiger partial charge < -0.3 is 4.74 Å². The predicted molar refractivity (Wildman–Crippen MR) is 117 cm³/mol. The standard InChI is InChI=1S/C25H29N3O2/c29-25(30-17-18-6-7-18)22-5-1-3-21(13-22)16-28-10-2-4-20(15-28)11-19-8-9-24-23(12-19)14-26-27-24/h1,3,5,8-9,12-14,18,20H,2,4,6-7,10-11,15-17H2,(H,26,27). The summed E-state index contributed by atoms with van der Waals surface area (Å²) in [5, 5.41) is 8.33. The van der Waals surface area contributed by atoms with Crippen LogP contribution in [0.4, 0.5) is 0 Å². The monoisotopic (exact) mass is 403 g/mol. The molecule has 1 unspecified atom stereocenters. The summed E-state index contributed by atoms with van der Waals surface area (Å²) in [5.74, 6) is 1.07. The van der Waals surface area contributed by atoms with Gasteiger partial charge in [0.15, 0.2) is 0 Å². The van der Waals surface area contributed by atoms with Crippen molar-refractivity contribution in [1.29, 1.82) is 0 Å². The molecule has 2 fully saturated rings. The van der Waals surface area contributed by atoms with E-state index in [1.165, 1.54) is 42.2 Å². The molecule has 0 amide bonds. The molecule has 2 aromatic carbocycles. The first-order chi connectivity index (χ1) is 14.7. The Morgan fingerprint density at radius 1 is 1.10 bits per heavy atom. The maximum Gasteiger partial charge on any atom is 0.338 e. The third-order valence-corrected chi connectivity index (χ3v) is 6.35. The molecule has 30 heavy (non-hydrogen) atoms. The first-order valence-electron chi connectivity index (χ1n) is 11.1. The average Bonchev–Trinajstić information content (AvgIpc) is 3.48. The van der Waals surface area contributed by atoms with Crippen LogP contribution in [0, 0.1) is 11.8 Å². The normalized spacial score (nSPS) is 19.8. The molecule has 2 aliphatic rings. The van der Waals surface area contributed by atoms with Gasteiger partial charge in [-0.05, 0) is 85.9 Å². The number of piperidine rings is 1. The van der Waals surface area contributed by atoms with E-state index in [9.17, 15) is 4.79 Å². The lowest BCUT2D eigenvalue weighted by molar-refractivity contribution is 0.0486. The topological polar surface area (TPSA) is 58.2 Å². The van der Waals surface area contributed by atoms with E-state index in [4.69, 9.17) is 4.74 Å². The number of fused-ring (bicyclic) bond motifs is 1. The van der Waals surface area contributed by atoms with Gasteiger partial charge in [0, 0.05) is 18.5 Å². The predicted octanol–water partition coefficient (Wildman–Crippen LogP) is 4.58. The Balaban J connectivity index is 1.18. The smallest absolute Gasteiger partial charge is 0.338 e. The van der Waals surface area contributed by atoms with Crippen LogP contribution in [0.3, 0.4) is 0 Å². The Kier molecular flexibility index (Phi) is 5.54. The molecule has 156 valence electrons. The molecule has 5 rings (SSSR count). The van der Waals surface area contributed by atoms with Gasteiger partial charge in [-0.3, -0.25) is 10.00 Å². The summed E-state index contributed by atoms with van der Waals surface area (Å²) < 4.78 is 5.45. The molecule has 1 saturated carbocycles. The highest BCUT2D eigenvalue weighted by molar-refractivity contribution is 5.89. The van der Waals surface area contributed by atoms with Gasteiger partial charge in [-0.15, -0.1) is 0 Å². The quantitative estimate of drug-likeness (QED) is 0.587. The summed E-state index contributed by atoms with van der Waals surface area (Å²) in [4.78, 5) is 14.8. The number of esters is 1. The van der Waals surface area contributed by atoms with Gasteiger partial charge in [0.25, 0.3) is 0 Å². The number of hydrogen-bond donors (Lipinski definition) is 1. The van der Waals surface area contributed by atoms with Crippen molar-refractivity contribution in [3.05, 3.63) is 65.4 Å². The van der Waals surface area contributed by atoms with Gasteiger partial charge in [-0.2, -0.15) is 5.10 Å². The minimum atomic E-state index is -0.185. The second-order valence-electron chi connectivity index (χ2n) is 8.98. The fourth-order valence-corrected chi connectivity index (χ4v) is 4.53. The number of benzene rings is 2. The number of rotatable bonds is 7. The third-order valence-electron chi connectivity index (χ3n) is 6.35. The highest BCUT2D eigenvalue weighted by Crippen LogP contribution is 2.29. The Hall–Kier alpha value is -2.66. The zero-order valence-corrected chi connectivity index (χ0v) is 17.3. The van der Waals surface area contributed by atoms with E-state index in [2.05, 4.69) is 39.4 Å². The number of aromatic amines is 1. The number of aromatic nitrogens is 2. The second kappa shape index (κ2) is 8.60. The van der Waals surface area contributed by atoms with Crippen LogP contribution in [-0.4, -0.2) is 40.8 Å². The van der Waals surface area contributed by atoms with E-state index in [1.54, 1.807) is 0 Å². The summed E-state index contributed by atoms with van der Waals surface area (Å²) in [6.45, 7) is 3.68. The molecule has 0 spiro atoms. The van der Waals surface area contributed by atoms with Gasteiger partial charge >= 0.3 is 5.97 Å². The minimum absolute atomic E-state index is 0.185. The van der Waals surface area contributed by atoms with Crippen molar-refractivity contribution in [2.75, 3.05) is 19.7 Å². The zero-order valence-electron chi connectivity index (χ0n) is 17.3. The van der Waals surface area contributed by atoms with Gasteiger partial charge in [0.1, 0.15) is 0 Å². The second-order valence-corrected chi connectivity index (χ2v) is 8.98. The molecular weight excluding hydrogens is 374 g/mol. The largest absolute Gasteiger partial charge is 0.462 e. The molecule has 1 aliphatic heterocycles. The van der Waals surface area contributed by atoms with E-state index >= 15 is 0 Å². The molecule has 1 aromatic heterocycles. The minimum Gasteiger partial charge on any atom is -0.462 e. The van der Waals surface area contributed by atoms with Crippen molar-refractivity contribution in [2.24, 2.45) is 11.8 Å². The average molecular weight is 404 g/mol. The van der Waals surface area contributed by atoms with Crippen molar-refractivity contribution in [3.8, 4) is 0 Å². The lowest BCUT2D eigenvalue weighted by Gasteiger charge is -2.33. The lowest BCUT2D eigenvalue weighted by atomic mass is 9.90. The number of nitrogens with zero attached hydrogens (tertiary/aromatic N) is 2. The number of likely N-dealkylation sites (tertiary alicyclic amines) is 1. The third kappa shape index (κ3) is 4.73. The van der Waals surface area contributed by atoms with E-state index < -0.39 is 0 Å².